The molecule has 1 aliphatic rings. The number of rotatable bonds is 8. The third kappa shape index (κ3) is 5.30. The van der Waals surface area contributed by atoms with Crippen LogP contribution in [0.15, 0.2) is 36.7 Å². The number of aryl methyl sites for hydroxylation is 1. The van der Waals surface area contributed by atoms with Crippen LogP contribution in [0.5, 0.6) is 5.75 Å². The molecule has 1 aromatic heterocycles. The van der Waals surface area contributed by atoms with E-state index in [1.807, 2.05) is 31.5 Å². The molecule has 3 rings (SSSR count). The summed E-state index contributed by atoms with van der Waals surface area (Å²) in [4.78, 5) is 9.20. The second-order valence-corrected chi connectivity index (χ2v) is 7.56. The molecule has 0 aliphatic heterocycles. The molecule has 1 heterocycles. The Morgan fingerprint density at radius 2 is 1.46 bits per heavy atom. The third-order valence-electron chi connectivity index (χ3n) is 5.64. The molecule has 3 nitrogen and oxygen atoms in total. The molecule has 0 spiro atoms. The minimum atomic E-state index is 0.692. The SMILES string of the molecule is CCC[C@H]1CC[C@H](CCc2ncc(-c3ccc(OCC)cc3)cn2)CC1. The standard InChI is InChI=1S/C23H32N2O/c1-3-5-18-6-8-19(9-7-18)10-15-23-24-16-21(17-25-23)20-11-13-22(14-12-20)26-4-2/h11-14,16-19H,3-10,15H2,1-2H3/t18-,19-. The Balaban J connectivity index is 1.49. The summed E-state index contributed by atoms with van der Waals surface area (Å²) in [5, 5.41) is 0. The van der Waals surface area contributed by atoms with E-state index in [-0.39, 0.29) is 0 Å². The highest BCUT2D eigenvalue weighted by molar-refractivity contribution is 5.62. The van der Waals surface area contributed by atoms with Crippen molar-refractivity contribution in [3.8, 4) is 16.9 Å². The molecule has 26 heavy (non-hydrogen) atoms. The first-order valence-electron chi connectivity index (χ1n) is 10.3. The maximum Gasteiger partial charge on any atom is 0.128 e. The van der Waals surface area contributed by atoms with Crippen molar-refractivity contribution in [2.45, 2.75) is 65.2 Å². The van der Waals surface area contributed by atoms with E-state index >= 15 is 0 Å². The van der Waals surface area contributed by atoms with Crippen molar-refractivity contribution in [2.24, 2.45) is 11.8 Å². The van der Waals surface area contributed by atoms with E-state index in [1.165, 1.54) is 44.9 Å². The summed E-state index contributed by atoms with van der Waals surface area (Å²) in [7, 11) is 0. The monoisotopic (exact) mass is 352 g/mol. The topological polar surface area (TPSA) is 35.0 Å². The number of hydrogen-bond acceptors (Lipinski definition) is 3. The molecule has 140 valence electrons. The number of nitrogens with zero attached hydrogens (tertiary/aromatic N) is 2. The van der Waals surface area contributed by atoms with E-state index in [1.54, 1.807) is 0 Å². The highest BCUT2D eigenvalue weighted by Gasteiger charge is 2.20. The van der Waals surface area contributed by atoms with Crippen LogP contribution >= 0.6 is 0 Å². The fraction of sp³-hybridized carbons (Fsp3) is 0.565. The van der Waals surface area contributed by atoms with Crippen LogP contribution < -0.4 is 4.74 Å². The van der Waals surface area contributed by atoms with Crippen molar-refractivity contribution in [3.05, 3.63) is 42.5 Å². The van der Waals surface area contributed by atoms with Crippen LogP contribution in [0, 0.1) is 11.8 Å². The Morgan fingerprint density at radius 3 is 2.04 bits per heavy atom. The zero-order chi connectivity index (χ0) is 18.2. The molecule has 2 aromatic rings. The van der Waals surface area contributed by atoms with Gasteiger partial charge in [-0.1, -0.05) is 57.6 Å². The molecule has 1 aromatic carbocycles. The van der Waals surface area contributed by atoms with Gasteiger partial charge in [-0.25, -0.2) is 9.97 Å². The first kappa shape index (κ1) is 18.9. The van der Waals surface area contributed by atoms with Gasteiger partial charge in [0.25, 0.3) is 0 Å². The molecule has 0 radical (unpaired) electrons. The van der Waals surface area contributed by atoms with E-state index in [4.69, 9.17) is 4.74 Å². The summed E-state index contributed by atoms with van der Waals surface area (Å²) in [6, 6.07) is 8.14. The van der Waals surface area contributed by atoms with Gasteiger partial charge in [-0.15, -0.1) is 0 Å². The van der Waals surface area contributed by atoms with Crippen molar-refractivity contribution in [3.63, 3.8) is 0 Å². The maximum absolute atomic E-state index is 5.49. The van der Waals surface area contributed by atoms with Gasteiger partial charge in [0, 0.05) is 24.4 Å². The van der Waals surface area contributed by atoms with Crippen LogP contribution in [0.2, 0.25) is 0 Å². The Bertz CT molecular complexity index is 643. The molecule has 0 saturated heterocycles. The molecule has 0 unspecified atom stereocenters. The van der Waals surface area contributed by atoms with Gasteiger partial charge in [0.05, 0.1) is 6.61 Å². The number of aromatic nitrogens is 2. The molecule has 0 amide bonds. The largest absolute Gasteiger partial charge is 0.494 e. The zero-order valence-electron chi connectivity index (χ0n) is 16.3. The van der Waals surface area contributed by atoms with Crippen molar-refractivity contribution in [1.82, 2.24) is 9.97 Å². The quantitative estimate of drug-likeness (QED) is 0.577. The highest BCUT2D eigenvalue weighted by atomic mass is 16.5. The minimum Gasteiger partial charge on any atom is -0.494 e. The van der Waals surface area contributed by atoms with E-state index in [9.17, 15) is 0 Å². The number of benzene rings is 1. The van der Waals surface area contributed by atoms with E-state index < -0.39 is 0 Å². The maximum atomic E-state index is 5.49. The van der Waals surface area contributed by atoms with Gasteiger partial charge in [0.15, 0.2) is 0 Å². The fourth-order valence-electron chi connectivity index (χ4n) is 4.09. The van der Waals surface area contributed by atoms with Crippen LogP contribution in [0.4, 0.5) is 0 Å². The van der Waals surface area contributed by atoms with Gasteiger partial charge in [-0.05, 0) is 42.9 Å². The average Bonchev–Trinajstić information content (AvgIpc) is 2.69. The van der Waals surface area contributed by atoms with Gasteiger partial charge in [0.2, 0.25) is 0 Å². The first-order valence-corrected chi connectivity index (χ1v) is 10.3. The summed E-state index contributed by atoms with van der Waals surface area (Å²) in [6.45, 7) is 5.00. The van der Waals surface area contributed by atoms with Gasteiger partial charge in [-0.3, -0.25) is 0 Å². The van der Waals surface area contributed by atoms with Crippen LogP contribution in [0.1, 0.15) is 64.6 Å². The summed E-state index contributed by atoms with van der Waals surface area (Å²) >= 11 is 0. The Kier molecular flexibility index (Phi) is 7.04. The molecular weight excluding hydrogens is 320 g/mol. The van der Waals surface area contributed by atoms with E-state index in [0.717, 1.165) is 41.0 Å². The fourth-order valence-corrected chi connectivity index (χ4v) is 4.09. The van der Waals surface area contributed by atoms with Crippen molar-refractivity contribution >= 4 is 0 Å². The van der Waals surface area contributed by atoms with E-state index in [0.29, 0.717) is 6.61 Å². The van der Waals surface area contributed by atoms with Crippen molar-refractivity contribution in [2.75, 3.05) is 6.61 Å². The Labute approximate surface area is 158 Å². The molecule has 1 fully saturated rings. The zero-order valence-corrected chi connectivity index (χ0v) is 16.3. The molecule has 0 N–H and O–H groups in total. The highest BCUT2D eigenvalue weighted by Crippen LogP contribution is 2.33. The normalized spacial score (nSPS) is 20.1. The molecule has 0 bridgehead atoms. The lowest BCUT2D eigenvalue weighted by Gasteiger charge is -2.28. The molecule has 3 heteroatoms. The van der Waals surface area contributed by atoms with Crippen LogP contribution in [-0.4, -0.2) is 16.6 Å². The molecule has 1 aliphatic carbocycles. The number of ether oxygens (including phenoxy) is 1. The lowest BCUT2D eigenvalue weighted by atomic mass is 9.78. The van der Waals surface area contributed by atoms with Gasteiger partial charge in [0.1, 0.15) is 11.6 Å². The summed E-state index contributed by atoms with van der Waals surface area (Å²) in [5.41, 5.74) is 2.20. The summed E-state index contributed by atoms with van der Waals surface area (Å²) in [5.74, 6) is 3.75. The number of hydrogen-bond donors (Lipinski definition) is 0. The lowest BCUT2D eigenvalue weighted by molar-refractivity contribution is 0.251. The van der Waals surface area contributed by atoms with Crippen LogP contribution in [0.3, 0.4) is 0 Å². The average molecular weight is 353 g/mol. The molecule has 0 atom stereocenters. The van der Waals surface area contributed by atoms with Crippen LogP contribution in [-0.2, 0) is 6.42 Å². The predicted molar refractivity (Wildman–Crippen MR) is 107 cm³/mol. The second-order valence-electron chi connectivity index (χ2n) is 7.56. The predicted octanol–water partition coefficient (Wildman–Crippen LogP) is 6.08. The smallest absolute Gasteiger partial charge is 0.128 e. The van der Waals surface area contributed by atoms with Gasteiger partial charge in [-0.2, -0.15) is 0 Å². The first-order chi connectivity index (χ1) is 12.8. The third-order valence-corrected chi connectivity index (χ3v) is 5.64. The van der Waals surface area contributed by atoms with Gasteiger partial charge >= 0.3 is 0 Å². The van der Waals surface area contributed by atoms with E-state index in [2.05, 4.69) is 29.0 Å². The van der Waals surface area contributed by atoms with Gasteiger partial charge < -0.3 is 4.74 Å². The Hall–Kier alpha value is -1.90. The second kappa shape index (κ2) is 9.70. The van der Waals surface area contributed by atoms with Crippen molar-refractivity contribution in [1.29, 1.82) is 0 Å². The minimum absolute atomic E-state index is 0.692. The summed E-state index contributed by atoms with van der Waals surface area (Å²) < 4.78 is 5.49. The lowest BCUT2D eigenvalue weighted by Crippen LogP contribution is -2.15. The summed E-state index contributed by atoms with van der Waals surface area (Å²) in [6.07, 6.45) is 14.6. The molecular formula is C23H32N2O. The Morgan fingerprint density at radius 1 is 0.846 bits per heavy atom. The van der Waals surface area contributed by atoms with Crippen molar-refractivity contribution < 1.29 is 4.74 Å². The van der Waals surface area contributed by atoms with Crippen LogP contribution in [0.25, 0.3) is 11.1 Å². The molecule has 1 saturated carbocycles.